The number of halogens is 1. The number of aryl methyl sites for hydroxylation is 1. The first kappa shape index (κ1) is 16.7. The van der Waals surface area contributed by atoms with Crippen molar-refractivity contribution < 1.29 is 9.18 Å². The third-order valence-corrected chi connectivity index (χ3v) is 5.19. The first-order valence-corrected chi connectivity index (χ1v) is 9.03. The first-order valence-electron chi connectivity index (χ1n) is 9.03. The zero-order valence-corrected chi connectivity index (χ0v) is 14.7. The molecule has 26 heavy (non-hydrogen) atoms. The Labute approximate surface area is 151 Å². The van der Waals surface area contributed by atoms with Crippen LogP contribution < -0.4 is 0 Å². The Balaban J connectivity index is 1.46. The van der Waals surface area contributed by atoms with Gasteiger partial charge in [0.25, 0.3) is 5.91 Å². The van der Waals surface area contributed by atoms with Crippen molar-refractivity contribution in [3.8, 4) is 0 Å². The number of pyridine rings is 1. The average molecular weight is 352 g/mol. The molecule has 0 saturated carbocycles. The van der Waals surface area contributed by atoms with Crippen molar-refractivity contribution in [3.05, 3.63) is 59.3 Å². The second-order valence-corrected chi connectivity index (χ2v) is 6.77. The van der Waals surface area contributed by atoms with E-state index in [9.17, 15) is 9.18 Å². The zero-order valence-electron chi connectivity index (χ0n) is 14.7. The van der Waals surface area contributed by atoms with Crippen LogP contribution in [0.25, 0.3) is 10.9 Å². The summed E-state index contributed by atoms with van der Waals surface area (Å²) in [5.74, 6) is -0.208. The Hall–Kier alpha value is -2.76. The highest BCUT2D eigenvalue weighted by atomic mass is 19.1. The molecule has 1 amide bonds. The van der Waals surface area contributed by atoms with E-state index in [-0.39, 0.29) is 5.91 Å². The molecule has 0 atom stereocenters. The van der Waals surface area contributed by atoms with Crippen LogP contribution in [0.1, 0.15) is 47.4 Å². The topological polar surface area (TPSA) is 61.9 Å². The summed E-state index contributed by atoms with van der Waals surface area (Å²) in [6.07, 6.45) is 3.83. The van der Waals surface area contributed by atoms with Crippen LogP contribution in [0.5, 0.6) is 0 Å². The molecular weight excluding hydrogens is 331 g/mol. The van der Waals surface area contributed by atoms with Gasteiger partial charge in [-0.15, -0.1) is 0 Å². The van der Waals surface area contributed by atoms with Gasteiger partial charge >= 0.3 is 0 Å². The number of carbonyl (C=O) groups is 1. The molecule has 3 aromatic rings. The zero-order chi connectivity index (χ0) is 18.1. The summed E-state index contributed by atoms with van der Waals surface area (Å²) in [7, 11) is 0. The molecule has 2 aromatic heterocycles. The van der Waals surface area contributed by atoms with Gasteiger partial charge in [-0.3, -0.25) is 9.89 Å². The molecule has 1 aliphatic rings. The molecule has 1 saturated heterocycles. The number of benzene rings is 1. The van der Waals surface area contributed by atoms with Crippen LogP contribution in [0, 0.1) is 5.82 Å². The van der Waals surface area contributed by atoms with E-state index in [4.69, 9.17) is 0 Å². The van der Waals surface area contributed by atoms with E-state index in [0.29, 0.717) is 24.7 Å². The molecular formula is C20H21FN4O. The normalized spacial score (nSPS) is 15.5. The third-order valence-electron chi connectivity index (χ3n) is 5.19. The minimum absolute atomic E-state index is 0.134. The molecule has 0 aliphatic carbocycles. The van der Waals surface area contributed by atoms with E-state index < -0.39 is 5.82 Å². The second kappa shape index (κ2) is 6.86. The Kier molecular flexibility index (Phi) is 4.41. The Morgan fingerprint density at radius 1 is 1.27 bits per heavy atom. The first-order chi connectivity index (χ1) is 12.7. The van der Waals surface area contributed by atoms with Crippen molar-refractivity contribution in [3.63, 3.8) is 0 Å². The van der Waals surface area contributed by atoms with Crippen LogP contribution in [-0.2, 0) is 6.42 Å². The number of amides is 1. The maximum Gasteiger partial charge on any atom is 0.272 e. The molecule has 1 aliphatic heterocycles. The highest BCUT2D eigenvalue weighted by Crippen LogP contribution is 2.32. The predicted molar refractivity (Wildman–Crippen MR) is 97.5 cm³/mol. The number of H-pyrrole nitrogens is 1. The molecule has 0 radical (unpaired) electrons. The van der Waals surface area contributed by atoms with Crippen LogP contribution in [-0.4, -0.2) is 39.1 Å². The van der Waals surface area contributed by atoms with Crippen molar-refractivity contribution in [1.82, 2.24) is 20.1 Å². The summed E-state index contributed by atoms with van der Waals surface area (Å²) in [6.45, 7) is 3.46. The number of aromatic nitrogens is 3. The van der Waals surface area contributed by atoms with Gasteiger partial charge in [-0.2, -0.15) is 5.10 Å². The lowest BCUT2D eigenvalue weighted by atomic mass is 9.91. The lowest BCUT2D eigenvalue weighted by molar-refractivity contribution is 0.0706. The van der Waals surface area contributed by atoms with Crippen molar-refractivity contribution in [1.29, 1.82) is 0 Å². The van der Waals surface area contributed by atoms with Gasteiger partial charge in [-0.25, -0.2) is 9.37 Å². The van der Waals surface area contributed by atoms with Gasteiger partial charge in [0.05, 0.1) is 11.7 Å². The standard InChI is InChI=1S/C20H21FN4O/c1-2-13-3-5-16-18(11-13)23-24-19(16)14-7-9-25(10-8-14)20(26)17-6-4-15(21)12-22-17/h3-6,11-12,14H,2,7-10H2,1H3,(H,23,24). The molecule has 1 fully saturated rings. The predicted octanol–water partition coefficient (Wildman–Crippen LogP) is 3.68. The molecule has 5 nitrogen and oxygen atoms in total. The monoisotopic (exact) mass is 352 g/mol. The summed E-state index contributed by atoms with van der Waals surface area (Å²) in [6, 6.07) is 9.15. The minimum Gasteiger partial charge on any atom is -0.337 e. The maximum absolute atomic E-state index is 13.0. The summed E-state index contributed by atoms with van der Waals surface area (Å²) in [5.41, 5.74) is 3.75. The largest absolute Gasteiger partial charge is 0.337 e. The Bertz CT molecular complexity index is 927. The molecule has 0 bridgehead atoms. The fourth-order valence-electron chi connectivity index (χ4n) is 3.64. The highest BCUT2D eigenvalue weighted by Gasteiger charge is 2.27. The van der Waals surface area contributed by atoms with Crippen LogP contribution in [0.15, 0.2) is 36.5 Å². The fourth-order valence-corrected chi connectivity index (χ4v) is 3.64. The number of hydrogen-bond acceptors (Lipinski definition) is 3. The molecule has 0 spiro atoms. The molecule has 134 valence electrons. The van der Waals surface area contributed by atoms with Gasteiger partial charge in [0.2, 0.25) is 0 Å². The number of likely N-dealkylation sites (tertiary alicyclic amines) is 1. The van der Waals surface area contributed by atoms with Gasteiger partial charge in [0.1, 0.15) is 11.5 Å². The van der Waals surface area contributed by atoms with Gasteiger partial charge in [-0.1, -0.05) is 19.1 Å². The average Bonchev–Trinajstić information content (AvgIpc) is 3.11. The maximum atomic E-state index is 13.0. The highest BCUT2D eigenvalue weighted by molar-refractivity contribution is 5.92. The number of hydrogen-bond donors (Lipinski definition) is 1. The molecule has 1 N–H and O–H groups in total. The fraction of sp³-hybridized carbons (Fsp3) is 0.350. The number of rotatable bonds is 3. The minimum atomic E-state index is -0.433. The van der Waals surface area contributed by atoms with Crippen LogP contribution in [0.3, 0.4) is 0 Å². The molecule has 4 rings (SSSR count). The SMILES string of the molecule is CCc1ccc2c(C3CCN(C(=O)c4ccc(F)cn4)CC3)[nH]nc2c1. The smallest absolute Gasteiger partial charge is 0.272 e. The summed E-state index contributed by atoms with van der Waals surface area (Å²) >= 11 is 0. The lowest BCUT2D eigenvalue weighted by Crippen LogP contribution is -2.38. The number of aromatic amines is 1. The van der Waals surface area contributed by atoms with Crippen LogP contribution >= 0.6 is 0 Å². The van der Waals surface area contributed by atoms with E-state index in [1.54, 1.807) is 4.90 Å². The van der Waals surface area contributed by atoms with Crippen molar-refractivity contribution >= 4 is 16.8 Å². The lowest BCUT2D eigenvalue weighted by Gasteiger charge is -2.31. The number of nitrogens with one attached hydrogen (secondary N) is 1. The van der Waals surface area contributed by atoms with E-state index >= 15 is 0 Å². The van der Waals surface area contributed by atoms with E-state index in [1.165, 1.54) is 23.1 Å². The summed E-state index contributed by atoms with van der Waals surface area (Å²) in [5, 5.41) is 8.84. The number of carbonyl (C=O) groups excluding carboxylic acids is 1. The Morgan fingerprint density at radius 3 is 2.77 bits per heavy atom. The van der Waals surface area contributed by atoms with Crippen molar-refractivity contribution in [2.75, 3.05) is 13.1 Å². The van der Waals surface area contributed by atoms with Gasteiger partial charge in [-0.05, 0) is 43.0 Å². The number of piperidine rings is 1. The molecule has 0 unspecified atom stereocenters. The summed E-state index contributed by atoms with van der Waals surface area (Å²) < 4.78 is 13.0. The quantitative estimate of drug-likeness (QED) is 0.782. The van der Waals surface area contributed by atoms with E-state index in [1.807, 2.05) is 0 Å². The molecule has 6 heteroatoms. The van der Waals surface area contributed by atoms with Crippen molar-refractivity contribution in [2.24, 2.45) is 0 Å². The number of fused-ring (bicyclic) bond motifs is 1. The van der Waals surface area contributed by atoms with E-state index in [0.717, 1.165) is 36.7 Å². The Morgan fingerprint density at radius 2 is 2.08 bits per heavy atom. The second-order valence-electron chi connectivity index (χ2n) is 6.77. The van der Waals surface area contributed by atoms with Crippen LogP contribution in [0.2, 0.25) is 0 Å². The third kappa shape index (κ3) is 3.07. The number of nitrogens with zero attached hydrogens (tertiary/aromatic N) is 3. The molecule has 3 heterocycles. The van der Waals surface area contributed by atoms with Gasteiger partial charge in [0, 0.05) is 30.1 Å². The molecule has 1 aromatic carbocycles. The van der Waals surface area contributed by atoms with E-state index in [2.05, 4.69) is 40.3 Å². The van der Waals surface area contributed by atoms with Crippen LogP contribution in [0.4, 0.5) is 4.39 Å². The summed E-state index contributed by atoms with van der Waals surface area (Å²) in [4.78, 5) is 18.2. The van der Waals surface area contributed by atoms with Crippen molar-refractivity contribution in [2.45, 2.75) is 32.1 Å². The van der Waals surface area contributed by atoms with Gasteiger partial charge in [0.15, 0.2) is 0 Å². The van der Waals surface area contributed by atoms with Gasteiger partial charge < -0.3 is 4.90 Å².